The summed E-state index contributed by atoms with van der Waals surface area (Å²) in [5, 5.41) is -0.322. The molecule has 0 aromatic carbocycles. The Morgan fingerprint density at radius 1 is 1.30 bits per heavy atom. The molecule has 0 saturated carbocycles. The Balaban J connectivity index is 1.97. The molecule has 0 atom stereocenters. The molecule has 8 heteroatoms. The van der Waals surface area contributed by atoms with Gasteiger partial charge < -0.3 is 4.42 Å². The van der Waals surface area contributed by atoms with E-state index in [1.165, 1.54) is 36.7 Å². The van der Waals surface area contributed by atoms with Crippen molar-refractivity contribution in [3.05, 3.63) is 48.0 Å². The van der Waals surface area contributed by atoms with Gasteiger partial charge in [0.05, 0.1) is 11.8 Å². The molecule has 7 nitrogen and oxygen atoms in total. The maximum absolute atomic E-state index is 12.2. The van der Waals surface area contributed by atoms with Crippen LogP contribution in [-0.2, 0) is 10.0 Å². The molecule has 0 saturated heterocycles. The Bertz CT molecular complexity index is 795. The Morgan fingerprint density at radius 2 is 2.10 bits per heavy atom. The summed E-state index contributed by atoms with van der Waals surface area (Å²) in [6.07, 6.45) is 2.57. The Labute approximate surface area is 113 Å². The normalized spacial score (nSPS) is 16.2. The molecule has 0 aliphatic carbocycles. The van der Waals surface area contributed by atoms with E-state index in [0.29, 0.717) is 4.31 Å². The van der Waals surface area contributed by atoms with E-state index in [1.54, 1.807) is 0 Å². The van der Waals surface area contributed by atoms with Crippen molar-refractivity contribution in [1.82, 2.24) is 9.29 Å². The summed E-state index contributed by atoms with van der Waals surface area (Å²) < 4.78 is 29.7. The molecule has 3 rings (SSSR count). The lowest BCUT2D eigenvalue weighted by Gasteiger charge is -2.12. The first-order chi connectivity index (χ1) is 9.51. The highest BCUT2D eigenvalue weighted by Crippen LogP contribution is 2.28. The lowest BCUT2D eigenvalue weighted by molar-refractivity contribution is 0.0811. The number of sulfonamides is 1. The van der Waals surface area contributed by atoms with E-state index in [-0.39, 0.29) is 16.3 Å². The third-order valence-corrected chi connectivity index (χ3v) is 4.53. The molecular weight excluding hydrogens is 284 g/mol. The predicted octanol–water partition coefficient (Wildman–Crippen LogP) is 0.702. The molecule has 0 spiro atoms. The van der Waals surface area contributed by atoms with Crippen molar-refractivity contribution < 1.29 is 22.4 Å². The standard InChI is InChI=1S/C12H8N2O5S/c15-9(10-4-2-6-19-10)7-14-12(16)8-3-1-5-13-11(8)20(14,17)18/h1-6H,7H2. The van der Waals surface area contributed by atoms with Gasteiger partial charge in [0.2, 0.25) is 5.78 Å². The molecule has 0 unspecified atom stereocenters. The van der Waals surface area contributed by atoms with E-state index < -0.39 is 28.3 Å². The quantitative estimate of drug-likeness (QED) is 0.772. The first-order valence-electron chi connectivity index (χ1n) is 5.60. The van der Waals surface area contributed by atoms with Crippen LogP contribution in [0.5, 0.6) is 0 Å². The van der Waals surface area contributed by atoms with Crippen molar-refractivity contribution in [2.24, 2.45) is 0 Å². The minimum absolute atomic E-state index is 0.00286. The van der Waals surface area contributed by atoms with E-state index >= 15 is 0 Å². The number of ketones is 1. The van der Waals surface area contributed by atoms with Crippen LogP contribution in [0.25, 0.3) is 0 Å². The van der Waals surface area contributed by atoms with Crippen molar-refractivity contribution in [3.63, 3.8) is 0 Å². The minimum Gasteiger partial charge on any atom is -0.461 e. The van der Waals surface area contributed by atoms with Crippen LogP contribution in [0.4, 0.5) is 0 Å². The topological polar surface area (TPSA) is 97.5 Å². The fourth-order valence-corrected chi connectivity index (χ4v) is 3.35. The van der Waals surface area contributed by atoms with Crippen LogP contribution in [0, 0.1) is 0 Å². The van der Waals surface area contributed by atoms with Crippen molar-refractivity contribution in [1.29, 1.82) is 0 Å². The number of rotatable bonds is 3. The molecule has 1 aliphatic heterocycles. The van der Waals surface area contributed by atoms with Gasteiger partial charge in [0.25, 0.3) is 15.9 Å². The first kappa shape index (κ1) is 12.5. The number of aromatic nitrogens is 1. The van der Waals surface area contributed by atoms with Crippen molar-refractivity contribution >= 4 is 21.7 Å². The number of nitrogens with zero attached hydrogens (tertiary/aromatic N) is 2. The minimum atomic E-state index is -4.07. The molecule has 0 fully saturated rings. The average molecular weight is 292 g/mol. The second kappa shape index (κ2) is 4.27. The zero-order valence-corrected chi connectivity index (χ0v) is 10.8. The van der Waals surface area contributed by atoms with Gasteiger partial charge in [0.15, 0.2) is 10.8 Å². The highest BCUT2D eigenvalue weighted by Gasteiger charge is 2.43. The number of amides is 1. The maximum Gasteiger partial charge on any atom is 0.285 e. The van der Waals surface area contributed by atoms with E-state index in [9.17, 15) is 18.0 Å². The van der Waals surface area contributed by atoms with Gasteiger partial charge in [-0.15, -0.1) is 0 Å². The largest absolute Gasteiger partial charge is 0.461 e. The zero-order chi connectivity index (χ0) is 14.3. The fourth-order valence-electron chi connectivity index (χ4n) is 1.91. The van der Waals surface area contributed by atoms with Gasteiger partial charge in [-0.25, -0.2) is 9.29 Å². The highest BCUT2D eigenvalue weighted by atomic mass is 32.2. The summed E-state index contributed by atoms with van der Waals surface area (Å²) >= 11 is 0. The summed E-state index contributed by atoms with van der Waals surface area (Å²) in [7, 11) is -4.07. The van der Waals surface area contributed by atoms with Gasteiger partial charge in [-0.1, -0.05) is 0 Å². The van der Waals surface area contributed by atoms with E-state index in [2.05, 4.69) is 4.98 Å². The van der Waals surface area contributed by atoms with Crippen LogP contribution < -0.4 is 0 Å². The third kappa shape index (κ3) is 1.73. The van der Waals surface area contributed by atoms with Crippen LogP contribution >= 0.6 is 0 Å². The number of fused-ring (bicyclic) bond motifs is 1. The van der Waals surface area contributed by atoms with Crippen LogP contribution in [-0.4, -0.2) is 35.9 Å². The zero-order valence-electron chi connectivity index (χ0n) is 10.0. The van der Waals surface area contributed by atoms with E-state index in [0.717, 1.165) is 0 Å². The number of carbonyl (C=O) groups excluding carboxylic acids is 2. The summed E-state index contributed by atoms with van der Waals surface area (Å²) in [6.45, 7) is -0.606. The van der Waals surface area contributed by atoms with Gasteiger partial charge >= 0.3 is 0 Å². The molecule has 1 aliphatic rings. The van der Waals surface area contributed by atoms with Crippen LogP contribution in [0.1, 0.15) is 20.9 Å². The summed E-state index contributed by atoms with van der Waals surface area (Å²) in [4.78, 5) is 27.6. The van der Waals surface area contributed by atoms with Gasteiger partial charge in [-0.3, -0.25) is 9.59 Å². The molecule has 1 amide bonds. The van der Waals surface area contributed by atoms with Gasteiger partial charge in [0.1, 0.15) is 6.54 Å². The molecule has 2 aromatic rings. The number of pyridine rings is 1. The Kier molecular flexibility index (Phi) is 2.68. The van der Waals surface area contributed by atoms with E-state index in [4.69, 9.17) is 4.42 Å². The molecule has 2 aromatic heterocycles. The van der Waals surface area contributed by atoms with Crippen LogP contribution in [0.3, 0.4) is 0 Å². The smallest absolute Gasteiger partial charge is 0.285 e. The molecule has 0 N–H and O–H groups in total. The molecule has 0 bridgehead atoms. The molecule has 3 heterocycles. The number of carbonyl (C=O) groups is 2. The van der Waals surface area contributed by atoms with Crippen molar-refractivity contribution in [2.45, 2.75) is 5.03 Å². The second-order valence-corrected chi connectivity index (χ2v) is 5.85. The van der Waals surface area contributed by atoms with E-state index in [1.807, 2.05) is 0 Å². The van der Waals surface area contributed by atoms with Gasteiger partial charge in [-0.05, 0) is 24.3 Å². The number of hydrogen-bond donors (Lipinski definition) is 0. The molecule has 102 valence electrons. The lowest BCUT2D eigenvalue weighted by Crippen LogP contribution is -2.35. The maximum atomic E-state index is 12.2. The number of furan rings is 1. The third-order valence-electron chi connectivity index (χ3n) is 2.85. The monoisotopic (exact) mass is 292 g/mol. The Hall–Kier alpha value is -2.48. The van der Waals surface area contributed by atoms with Gasteiger partial charge in [-0.2, -0.15) is 8.42 Å². The second-order valence-electron chi connectivity index (χ2n) is 4.07. The predicted molar refractivity (Wildman–Crippen MR) is 65.5 cm³/mol. The van der Waals surface area contributed by atoms with Gasteiger partial charge in [0, 0.05) is 6.20 Å². The summed E-state index contributed by atoms with van der Waals surface area (Å²) in [5.41, 5.74) is -0.0280. The highest BCUT2D eigenvalue weighted by molar-refractivity contribution is 7.90. The number of Topliss-reactive ketones (excluding diaryl/α,β-unsaturated/α-hetero) is 1. The molecular formula is C12H8N2O5S. The summed E-state index contributed by atoms with van der Waals surface area (Å²) in [5.74, 6) is -1.36. The number of hydrogen-bond acceptors (Lipinski definition) is 6. The van der Waals surface area contributed by atoms with Crippen LogP contribution in [0.15, 0.2) is 46.2 Å². The SMILES string of the molecule is O=C(CN1C(=O)c2cccnc2S1(=O)=O)c1ccco1. The van der Waals surface area contributed by atoms with Crippen molar-refractivity contribution in [3.8, 4) is 0 Å². The average Bonchev–Trinajstić information content (AvgIpc) is 3.02. The molecule has 20 heavy (non-hydrogen) atoms. The summed E-state index contributed by atoms with van der Waals surface area (Å²) in [6, 6.07) is 5.73. The first-order valence-corrected chi connectivity index (χ1v) is 7.04. The van der Waals surface area contributed by atoms with Crippen LogP contribution in [0.2, 0.25) is 0 Å². The lowest BCUT2D eigenvalue weighted by atomic mass is 10.2. The molecule has 0 radical (unpaired) electrons. The van der Waals surface area contributed by atoms with Crippen molar-refractivity contribution in [2.75, 3.05) is 6.54 Å². The fraction of sp³-hybridized carbons (Fsp3) is 0.0833. The Morgan fingerprint density at radius 3 is 2.75 bits per heavy atom.